The van der Waals surface area contributed by atoms with Crippen LogP contribution in [-0.4, -0.2) is 43.7 Å². The fourth-order valence-corrected chi connectivity index (χ4v) is 3.28. The van der Waals surface area contributed by atoms with Gasteiger partial charge in [0.1, 0.15) is 0 Å². The smallest absolute Gasteiger partial charge is 0.331 e. The molecule has 1 atom stereocenters. The van der Waals surface area contributed by atoms with E-state index in [1.807, 2.05) is 0 Å². The molecule has 0 rings (SSSR count). The van der Waals surface area contributed by atoms with Gasteiger partial charge in [0.25, 0.3) is 0 Å². The largest absolute Gasteiger partial charge is 0.395 e. The molecule has 0 aliphatic rings. The summed E-state index contributed by atoms with van der Waals surface area (Å²) in [6, 6.07) is 0.0432. The van der Waals surface area contributed by atoms with Crippen molar-refractivity contribution in [2.45, 2.75) is 40.2 Å². The van der Waals surface area contributed by atoms with Gasteiger partial charge >= 0.3 is 7.60 Å². The van der Waals surface area contributed by atoms with E-state index >= 15 is 0 Å². The standard InChI is InChI=1S/C12H28NO4P/c1-5-16-18(15,17-6-2)8-7-13-12(10-14)9-11(3)4/h11-14H,5-10H2,1-4H3. The van der Waals surface area contributed by atoms with Crippen LogP contribution in [-0.2, 0) is 13.6 Å². The Bertz CT molecular complexity index is 238. The Morgan fingerprint density at radius 1 is 1.22 bits per heavy atom. The van der Waals surface area contributed by atoms with Gasteiger partial charge in [-0.3, -0.25) is 4.57 Å². The number of aliphatic hydroxyl groups excluding tert-OH is 1. The van der Waals surface area contributed by atoms with Crippen molar-refractivity contribution in [2.24, 2.45) is 5.92 Å². The summed E-state index contributed by atoms with van der Waals surface area (Å²) < 4.78 is 22.6. The third-order valence-electron chi connectivity index (χ3n) is 2.45. The van der Waals surface area contributed by atoms with E-state index in [4.69, 9.17) is 9.05 Å². The number of hydrogen-bond donors (Lipinski definition) is 2. The predicted molar refractivity (Wildman–Crippen MR) is 74.1 cm³/mol. The molecule has 0 aliphatic carbocycles. The van der Waals surface area contributed by atoms with Gasteiger partial charge in [0.05, 0.1) is 26.0 Å². The summed E-state index contributed by atoms with van der Waals surface area (Å²) in [6.45, 7) is 9.19. The second kappa shape index (κ2) is 9.93. The van der Waals surface area contributed by atoms with E-state index in [0.29, 0.717) is 31.8 Å². The molecule has 0 saturated heterocycles. The molecule has 2 N–H and O–H groups in total. The second-order valence-electron chi connectivity index (χ2n) is 4.63. The lowest BCUT2D eigenvalue weighted by atomic mass is 10.0. The van der Waals surface area contributed by atoms with Crippen LogP contribution in [0.2, 0.25) is 0 Å². The Morgan fingerprint density at radius 2 is 1.78 bits per heavy atom. The molecule has 0 spiro atoms. The summed E-state index contributed by atoms with van der Waals surface area (Å²) >= 11 is 0. The summed E-state index contributed by atoms with van der Waals surface area (Å²) in [5, 5.41) is 12.4. The van der Waals surface area contributed by atoms with Crippen molar-refractivity contribution in [1.29, 1.82) is 0 Å². The fourth-order valence-electron chi connectivity index (χ4n) is 1.76. The van der Waals surface area contributed by atoms with Crippen LogP contribution in [0.25, 0.3) is 0 Å². The molecule has 110 valence electrons. The first-order valence-corrected chi connectivity index (χ1v) is 8.42. The SMILES string of the molecule is CCOP(=O)(CCNC(CO)CC(C)C)OCC. The van der Waals surface area contributed by atoms with Crippen molar-refractivity contribution < 1.29 is 18.7 Å². The lowest BCUT2D eigenvalue weighted by Crippen LogP contribution is -2.35. The molecule has 0 aromatic heterocycles. The Morgan fingerprint density at radius 3 is 2.17 bits per heavy atom. The van der Waals surface area contributed by atoms with E-state index in [2.05, 4.69) is 19.2 Å². The molecule has 0 aliphatic heterocycles. The quantitative estimate of drug-likeness (QED) is 0.569. The van der Waals surface area contributed by atoms with Gasteiger partial charge in [-0.25, -0.2) is 0 Å². The summed E-state index contributed by atoms with van der Waals surface area (Å²) in [5.74, 6) is 0.514. The first-order chi connectivity index (χ1) is 8.47. The molecule has 0 bridgehead atoms. The van der Waals surface area contributed by atoms with E-state index in [0.717, 1.165) is 6.42 Å². The second-order valence-corrected chi connectivity index (χ2v) is 6.82. The van der Waals surface area contributed by atoms with E-state index in [-0.39, 0.29) is 12.6 Å². The predicted octanol–water partition coefficient (Wildman–Crippen LogP) is 2.25. The van der Waals surface area contributed by atoms with Gasteiger partial charge in [0.15, 0.2) is 0 Å². The number of aliphatic hydroxyl groups is 1. The molecule has 0 aromatic rings. The van der Waals surface area contributed by atoms with Crippen LogP contribution in [0.1, 0.15) is 34.1 Å². The van der Waals surface area contributed by atoms with Crippen LogP contribution in [0.15, 0.2) is 0 Å². The van der Waals surface area contributed by atoms with Crippen LogP contribution in [0.5, 0.6) is 0 Å². The highest BCUT2D eigenvalue weighted by Crippen LogP contribution is 2.47. The molecule has 1 unspecified atom stereocenters. The summed E-state index contributed by atoms with van der Waals surface area (Å²) in [5.41, 5.74) is 0. The monoisotopic (exact) mass is 281 g/mol. The zero-order chi connectivity index (χ0) is 14.0. The molecule has 0 radical (unpaired) electrons. The van der Waals surface area contributed by atoms with Crippen LogP contribution in [0.4, 0.5) is 0 Å². The lowest BCUT2D eigenvalue weighted by molar-refractivity contribution is 0.213. The molecular weight excluding hydrogens is 253 g/mol. The normalized spacial score (nSPS) is 14.1. The van der Waals surface area contributed by atoms with Gasteiger partial charge < -0.3 is 19.5 Å². The van der Waals surface area contributed by atoms with Crippen molar-refractivity contribution in [3.05, 3.63) is 0 Å². The minimum atomic E-state index is -2.96. The first kappa shape index (κ1) is 18.1. The Labute approximate surface area is 111 Å². The van der Waals surface area contributed by atoms with E-state index in [1.54, 1.807) is 13.8 Å². The maximum absolute atomic E-state index is 12.2. The molecule has 0 heterocycles. The molecule has 0 aromatic carbocycles. The van der Waals surface area contributed by atoms with E-state index in [1.165, 1.54) is 0 Å². The maximum Gasteiger partial charge on any atom is 0.331 e. The summed E-state index contributed by atoms with van der Waals surface area (Å²) in [7, 11) is -2.96. The van der Waals surface area contributed by atoms with Crippen LogP contribution in [0, 0.1) is 5.92 Å². The Balaban J connectivity index is 4.07. The minimum absolute atomic E-state index is 0.0432. The maximum atomic E-state index is 12.2. The van der Waals surface area contributed by atoms with Crippen LogP contribution < -0.4 is 5.32 Å². The Hall–Kier alpha value is 0.0700. The highest BCUT2D eigenvalue weighted by Gasteiger charge is 2.23. The number of nitrogens with one attached hydrogen (secondary N) is 1. The van der Waals surface area contributed by atoms with Crippen LogP contribution in [0.3, 0.4) is 0 Å². The number of hydrogen-bond acceptors (Lipinski definition) is 5. The van der Waals surface area contributed by atoms with Crippen molar-refractivity contribution in [1.82, 2.24) is 5.32 Å². The first-order valence-electron chi connectivity index (χ1n) is 6.69. The van der Waals surface area contributed by atoms with Crippen molar-refractivity contribution in [3.8, 4) is 0 Å². The molecule has 0 amide bonds. The minimum Gasteiger partial charge on any atom is -0.395 e. The van der Waals surface area contributed by atoms with Gasteiger partial charge in [-0.2, -0.15) is 0 Å². The molecule has 0 saturated carbocycles. The number of rotatable bonds is 11. The lowest BCUT2D eigenvalue weighted by Gasteiger charge is -2.21. The average molecular weight is 281 g/mol. The van der Waals surface area contributed by atoms with Gasteiger partial charge in [-0.1, -0.05) is 13.8 Å². The van der Waals surface area contributed by atoms with Gasteiger partial charge in [-0.05, 0) is 26.2 Å². The molecule has 5 nitrogen and oxygen atoms in total. The molecule has 6 heteroatoms. The van der Waals surface area contributed by atoms with Gasteiger partial charge in [0, 0.05) is 12.6 Å². The average Bonchev–Trinajstić information content (AvgIpc) is 2.27. The highest BCUT2D eigenvalue weighted by atomic mass is 31.2. The fraction of sp³-hybridized carbons (Fsp3) is 1.00. The van der Waals surface area contributed by atoms with Crippen molar-refractivity contribution in [2.75, 3.05) is 32.5 Å². The topological polar surface area (TPSA) is 67.8 Å². The van der Waals surface area contributed by atoms with Crippen molar-refractivity contribution in [3.63, 3.8) is 0 Å². The zero-order valence-electron chi connectivity index (χ0n) is 12.0. The van der Waals surface area contributed by atoms with E-state index in [9.17, 15) is 9.67 Å². The van der Waals surface area contributed by atoms with Gasteiger partial charge in [-0.15, -0.1) is 0 Å². The highest BCUT2D eigenvalue weighted by molar-refractivity contribution is 7.53. The summed E-state index contributed by atoms with van der Waals surface area (Å²) in [4.78, 5) is 0. The van der Waals surface area contributed by atoms with Gasteiger partial charge in [0.2, 0.25) is 0 Å². The summed E-state index contributed by atoms with van der Waals surface area (Å²) in [6.07, 6.45) is 1.23. The Kier molecular flexibility index (Phi) is 9.97. The third kappa shape index (κ3) is 8.22. The van der Waals surface area contributed by atoms with Crippen LogP contribution >= 0.6 is 7.60 Å². The molecule has 18 heavy (non-hydrogen) atoms. The zero-order valence-corrected chi connectivity index (χ0v) is 12.9. The van der Waals surface area contributed by atoms with E-state index < -0.39 is 7.60 Å². The molecule has 0 fully saturated rings. The third-order valence-corrected chi connectivity index (χ3v) is 4.52. The van der Waals surface area contributed by atoms with Crippen molar-refractivity contribution >= 4 is 7.60 Å². The molecular formula is C12H28NO4P.